The topological polar surface area (TPSA) is 110 Å². The number of esters is 1. The molecule has 1 fully saturated rings. The SMILES string of the molecule is Cc1ccc(S(=O)(=O)N2CCC(C(=O)OCC(=O)NC(=O)c3ccc(Cl)cc3)CC2)cc1C. The first-order valence-corrected chi connectivity index (χ1v) is 12.2. The molecular formula is C23H25ClN2O6S. The third kappa shape index (κ3) is 6.19. The van der Waals surface area contributed by atoms with Crippen LogP contribution in [-0.2, 0) is 24.3 Å². The van der Waals surface area contributed by atoms with Gasteiger partial charge in [0.1, 0.15) is 0 Å². The zero-order valence-electron chi connectivity index (χ0n) is 18.3. The summed E-state index contributed by atoms with van der Waals surface area (Å²) in [4.78, 5) is 36.5. The number of hydrogen-bond acceptors (Lipinski definition) is 6. The maximum absolute atomic E-state index is 12.9. The summed E-state index contributed by atoms with van der Waals surface area (Å²) in [5, 5.41) is 2.60. The molecular weight excluding hydrogens is 468 g/mol. The number of nitrogens with one attached hydrogen (secondary N) is 1. The van der Waals surface area contributed by atoms with Crippen LogP contribution in [0.25, 0.3) is 0 Å². The fourth-order valence-corrected chi connectivity index (χ4v) is 5.13. The summed E-state index contributed by atoms with van der Waals surface area (Å²) in [6, 6.07) is 11.0. The second kappa shape index (κ2) is 10.5. The Morgan fingerprint density at radius 3 is 2.27 bits per heavy atom. The van der Waals surface area contributed by atoms with E-state index in [1.807, 2.05) is 13.8 Å². The molecule has 0 bridgehead atoms. The highest BCUT2D eigenvalue weighted by Crippen LogP contribution is 2.25. The van der Waals surface area contributed by atoms with Gasteiger partial charge < -0.3 is 4.74 Å². The average molecular weight is 493 g/mol. The number of amides is 2. The van der Waals surface area contributed by atoms with E-state index in [9.17, 15) is 22.8 Å². The molecule has 33 heavy (non-hydrogen) atoms. The Morgan fingerprint density at radius 2 is 1.67 bits per heavy atom. The number of piperidine rings is 1. The van der Waals surface area contributed by atoms with Crippen molar-refractivity contribution in [3.63, 3.8) is 0 Å². The number of aryl methyl sites for hydroxylation is 2. The predicted octanol–water partition coefficient (Wildman–Crippen LogP) is 2.86. The van der Waals surface area contributed by atoms with Crippen LogP contribution >= 0.6 is 11.6 Å². The number of carbonyl (C=O) groups is 3. The first-order chi connectivity index (χ1) is 15.6. The number of hydrogen-bond donors (Lipinski definition) is 1. The van der Waals surface area contributed by atoms with E-state index in [-0.39, 0.29) is 36.4 Å². The molecule has 8 nitrogen and oxygen atoms in total. The molecule has 10 heteroatoms. The lowest BCUT2D eigenvalue weighted by Gasteiger charge is -2.30. The Balaban J connectivity index is 1.48. The zero-order valence-corrected chi connectivity index (χ0v) is 19.9. The van der Waals surface area contributed by atoms with E-state index in [1.54, 1.807) is 18.2 Å². The fourth-order valence-electron chi connectivity index (χ4n) is 3.45. The van der Waals surface area contributed by atoms with Crippen LogP contribution in [0.3, 0.4) is 0 Å². The first-order valence-electron chi connectivity index (χ1n) is 10.4. The molecule has 1 aliphatic heterocycles. The summed E-state index contributed by atoms with van der Waals surface area (Å²) in [6.45, 7) is 3.53. The smallest absolute Gasteiger partial charge is 0.309 e. The number of ether oxygens (including phenoxy) is 1. The molecule has 3 rings (SSSR count). The average Bonchev–Trinajstić information content (AvgIpc) is 2.79. The Hall–Kier alpha value is -2.75. The van der Waals surface area contributed by atoms with Gasteiger partial charge in [-0.15, -0.1) is 0 Å². The molecule has 1 aliphatic rings. The van der Waals surface area contributed by atoms with Crippen molar-refractivity contribution in [2.24, 2.45) is 5.92 Å². The largest absolute Gasteiger partial charge is 0.455 e. The molecule has 176 valence electrons. The van der Waals surface area contributed by atoms with Gasteiger partial charge in [0.2, 0.25) is 10.0 Å². The van der Waals surface area contributed by atoms with Gasteiger partial charge in [0, 0.05) is 23.7 Å². The van der Waals surface area contributed by atoms with Crippen molar-refractivity contribution in [2.75, 3.05) is 19.7 Å². The van der Waals surface area contributed by atoms with E-state index < -0.39 is 40.3 Å². The zero-order chi connectivity index (χ0) is 24.2. The first kappa shape index (κ1) is 24.9. The summed E-state index contributed by atoms with van der Waals surface area (Å²) in [5.41, 5.74) is 2.15. The molecule has 1 heterocycles. The van der Waals surface area contributed by atoms with Crippen molar-refractivity contribution in [3.05, 3.63) is 64.2 Å². The Labute approximate surface area is 197 Å². The summed E-state index contributed by atoms with van der Waals surface area (Å²) in [7, 11) is -3.65. The highest BCUT2D eigenvalue weighted by molar-refractivity contribution is 7.89. The number of imide groups is 1. The van der Waals surface area contributed by atoms with Crippen LogP contribution in [-0.4, -0.2) is 50.2 Å². The summed E-state index contributed by atoms with van der Waals surface area (Å²) in [5.74, 6) is -2.49. The van der Waals surface area contributed by atoms with Gasteiger partial charge in [0.25, 0.3) is 11.8 Å². The fraction of sp³-hybridized carbons (Fsp3) is 0.348. The molecule has 2 aromatic rings. The van der Waals surface area contributed by atoms with E-state index in [1.165, 1.54) is 28.6 Å². The summed E-state index contributed by atoms with van der Waals surface area (Å²) < 4.78 is 32.2. The van der Waals surface area contributed by atoms with Crippen LogP contribution in [0.1, 0.15) is 34.3 Å². The highest BCUT2D eigenvalue weighted by atomic mass is 35.5. The normalized spacial score (nSPS) is 15.1. The minimum absolute atomic E-state index is 0.177. The van der Waals surface area contributed by atoms with Gasteiger partial charge in [-0.3, -0.25) is 19.7 Å². The van der Waals surface area contributed by atoms with Crippen molar-refractivity contribution in [1.82, 2.24) is 9.62 Å². The van der Waals surface area contributed by atoms with E-state index in [4.69, 9.17) is 16.3 Å². The van der Waals surface area contributed by atoms with E-state index in [0.29, 0.717) is 5.02 Å². The van der Waals surface area contributed by atoms with Crippen molar-refractivity contribution in [1.29, 1.82) is 0 Å². The predicted molar refractivity (Wildman–Crippen MR) is 122 cm³/mol. The van der Waals surface area contributed by atoms with E-state index in [2.05, 4.69) is 5.32 Å². The Morgan fingerprint density at radius 1 is 1.03 bits per heavy atom. The Bertz CT molecular complexity index is 1160. The van der Waals surface area contributed by atoms with Crippen LogP contribution in [0.15, 0.2) is 47.4 Å². The molecule has 0 unspecified atom stereocenters. The van der Waals surface area contributed by atoms with Gasteiger partial charge in [-0.25, -0.2) is 8.42 Å². The van der Waals surface area contributed by atoms with Crippen LogP contribution in [0.4, 0.5) is 0 Å². The van der Waals surface area contributed by atoms with Gasteiger partial charge in [-0.05, 0) is 74.2 Å². The molecule has 1 N–H and O–H groups in total. The van der Waals surface area contributed by atoms with Crippen molar-refractivity contribution in [3.8, 4) is 0 Å². The molecule has 0 spiro atoms. The number of nitrogens with zero attached hydrogens (tertiary/aromatic N) is 1. The van der Waals surface area contributed by atoms with Crippen molar-refractivity contribution in [2.45, 2.75) is 31.6 Å². The van der Waals surface area contributed by atoms with Gasteiger partial charge in [0.05, 0.1) is 10.8 Å². The minimum atomic E-state index is -3.65. The van der Waals surface area contributed by atoms with Crippen LogP contribution in [0.2, 0.25) is 5.02 Å². The second-order valence-electron chi connectivity index (χ2n) is 7.92. The molecule has 0 saturated carbocycles. The third-order valence-corrected chi connectivity index (χ3v) is 7.75. The highest BCUT2D eigenvalue weighted by Gasteiger charge is 2.33. The third-order valence-electron chi connectivity index (χ3n) is 5.61. The number of rotatable bonds is 6. The second-order valence-corrected chi connectivity index (χ2v) is 10.3. The molecule has 1 saturated heterocycles. The molecule has 2 aromatic carbocycles. The van der Waals surface area contributed by atoms with Gasteiger partial charge in [0.15, 0.2) is 6.61 Å². The lowest BCUT2D eigenvalue weighted by Crippen LogP contribution is -2.41. The molecule has 2 amide bonds. The van der Waals surface area contributed by atoms with Crippen molar-refractivity contribution < 1.29 is 27.5 Å². The van der Waals surface area contributed by atoms with Gasteiger partial charge in [-0.1, -0.05) is 17.7 Å². The van der Waals surface area contributed by atoms with Crippen molar-refractivity contribution >= 4 is 39.4 Å². The van der Waals surface area contributed by atoms with Gasteiger partial charge in [-0.2, -0.15) is 4.31 Å². The molecule has 0 radical (unpaired) electrons. The van der Waals surface area contributed by atoms with Crippen LogP contribution in [0.5, 0.6) is 0 Å². The number of sulfonamides is 1. The molecule has 0 aromatic heterocycles. The number of halogens is 1. The monoisotopic (exact) mass is 492 g/mol. The van der Waals surface area contributed by atoms with Crippen LogP contribution in [0, 0.1) is 19.8 Å². The number of benzene rings is 2. The Kier molecular flexibility index (Phi) is 7.88. The quantitative estimate of drug-likeness (QED) is 0.621. The number of carbonyl (C=O) groups excluding carboxylic acids is 3. The summed E-state index contributed by atoms with van der Waals surface area (Å²) >= 11 is 5.76. The standard InChI is InChI=1S/C23H25ClN2O6S/c1-15-3-8-20(13-16(15)2)33(30,31)26-11-9-18(10-12-26)23(29)32-14-21(27)25-22(28)17-4-6-19(24)7-5-17/h3-8,13,18H,9-12,14H2,1-2H3,(H,25,27,28). The van der Waals surface area contributed by atoms with E-state index in [0.717, 1.165) is 11.1 Å². The van der Waals surface area contributed by atoms with Gasteiger partial charge >= 0.3 is 5.97 Å². The van der Waals surface area contributed by atoms with E-state index >= 15 is 0 Å². The summed E-state index contributed by atoms with van der Waals surface area (Å²) in [6.07, 6.45) is 0.572. The minimum Gasteiger partial charge on any atom is -0.455 e. The van der Waals surface area contributed by atoms with Crippen LogP contribution < -0.4 is 5.32 Å². The maximum Gasteiger partial charge on any atom is 0.309 e. The molecule has 0 aliphatic carbocycles. The lowest BCUT2D eigenvalue weighted by atomic mass is 9.98. The lowest BCUT2D eigenvalue weighted by molar-refractivity contribution is -0.153. The maximum atomic E-state index is 12.9. The molecule has 0 atom stereocenters.